The highest BCUT2D eigenvalue weighted by atomic mass is 32.2. The van der Waals surface area contributed by atoms with Crippen LogP contribution >= 0.6 is 0 Å². The van der Waals surface area contributed by atoms with E-state index in [0.717, 1.165) is 28.5 Å². The van der Waals surface area contributed by atoms with Crippen molar-refractivity contribution < 1.29 is 13.2 Å². The number of hydrogen-bond acceptors (Lipinski definition) is 3. The van der Waals surface area contributed by atoms with Crippen molar-refractivity contribution in [2.75, 3.05) is 18.1 Å². The van der Waals surface area contributed by atoms with Gasteiger partial charge < -0.3 is 5.32 Å². The molecule has 2 rings (SSSR count). The zero-order valence-electron chi connectivity index (χ0n) is 15.0. The standard InChI is InChI=1S/C19H24N2O3S/c1-14-6-5-7-17(9-14)12-21(25(4,23)24)13-19(22)20-18-10-15(2)8-16(3)11-18/h5-11H,12-13H2,1-4H3,(H,20,22). The van der Waals surface area contributed by atoms with Gasteiger partial charge in [0, 0.05) is 12.2 Å². The molecule has 0 aliphatic carbocycles. The van der Waals surface area contributed by atoms with Crippen LogP contribution in [0.25, 0.3) is 0 Å². The molecule has 5 nitrogen and oxygen atoms in total. The van der Waals surface area contributed by atoms with E-state index in [-0.39, 0.29) is 19.0 Å². The van der Waals surface area contributed by atoms with Crippen LogP contribution in [0.4, 0.5) is 5.69 Å². The molecule has 1 N–H and O–H groups in total. The molecule has 134 valence electrons. The first-order chi connectivity index (χ1) is 11.6. The second-order valence-electron chi connectivity index (χ2n) is 6.44. The molecule has 0 radical (unpaired) electrons. The van der Waals surface area contributed by atoms with E-state index in [1.54, 1.807) is 0 Å². The number of carbonyl (C=O) groups is 1. The van der Waals surface area contributed by atoms with Gasteiger partial charge in [0.1, 0.15) is 0 Å². The number of sulfonamides is 1. The summed E-state index contributed by atoms with van der Waals surface area (Å²) in [5.74, 6) is -0.358. The molecule has 0 saturated carbocycles. The highest BCUT2D eigenvalue weighted by Gasteiger charge is 2.20. The smallest absolute Gasteiger partial charge is 0.239 e. The number of carbonyl (C=O) groups excluding carboxylic acids is 1. The second kappa shape index (κ2) is 7.80. The fraction of sp³-hybridized carbons (Fsp3) is 0.316. The van der Waals surface area contributed by atoms with E-state index in [1.165, 1.54) is 4.31 Å². The van der Waals surface area contributed by atoms with Crippen molar-refractivity contribution in [2.24, 2.45) is 0 Å². The van der Waals surface area contributed by atoms with Crippen molar-refractivity contribution in [3.63, 3.8) is 0 Å². The van der Waals surface area contributed by atoms with Crippen molar-refractivity contribution >= 4 is 21.6 Å². The average molecular weight is 360 g/mol. The highest BCUT2D eigenvalue weighted by Crippen LogP contribution is 2.15. The van der Waals surface area contributed by atoms with Gasteiger partial charge in [-0.15, -0.1) is 0 Å². The van der Waals surface area contributed by atoms with Gasteiger partial charge in [-0.05, 0) is 49.6 Å². The van der Waals surface area contributed by atoms with Gasteiger partial charge in [0.2, 0.25) is 15.9 Å². The molecule has 0 aliphatic rings. The second-order valence-corrected chi connectivity index (χ2v) is 8.43. The Labute approximate surface area is 149 Å². The molecule has 6 heteroatoms. The summed E-state index contributed by atoms with van der Waals surface area (Å²) in [5, 5.41) is 2.78. The van der Waals surface area contributed by atoms with Crippen molar-refractivity contribution in [3.05, 3.63) is 64.7 Å². The highest BCUT2D eigenvalue weighted by molar-refractivity contribution is 7.88. The predicted octanol–water partition coefficient (Wildman–Crippen LogP) is 3.01. The van der Waals surface area contributed by atoms with E-state index in [1.807, 2.05) is 63.2 Å². The van der Waals surface area contributed by atoms with Gasteiger partial charge in [-0.25, -0.2) is 8.42 Å². The van der Waals surface area contributed by atoms with E-state index in [9.17, 15) is 13.2 Å². The molecule has 0 fully saturated rings. The average Bonchev–Trinajstić information content (AvgIpc) is 2.44. The number of benzene rings is 2. The van der Waals surface area contributed by atoms with Crippen LogP contribution in [0, 0.1) is 20.8 Å². The van der Waals surface area contributed by atoms with Crippen LogP contribution in [0.15, 0.2) is 42.5 Å². The summed E-state index contributed by atoms with van der Waals surface area (Å²) in [6.45, 7) is 5.79. The number of amides is 1. The van der Waals surface area contributed by atoms with Crippen molar-refractivity contribution in [1.82, 2.24) is 4.31 Å². The SMILES string of the molecule is Cc1cccc(CN(CC(=O)Nc2cc(C)cc(C)c2)S(C)(=O)=O)c1. The van der Waals surface area contributed by atoms with Crippen molar-refractivity contribution in [2.45, 2.75) is 27.3 Å². The van der Waals surface area contributed by atoms with Crippen LogP contribution in [-0.2, 0) is 21.4 Å². The predicted molar refractivity (Wildman–Crippen MR) is 101 cm³/mol. The molecule has 0 bridgehead atoms. The van der Waals surface area contributed by atoms with E-state index in [4.69, 9.17) is 0 Å². The molecule has 0 saturated heterocycles. The molecule has 2 aromatic rings. The maximum Gasteiger partial charge on any atom is 0.239 e. The third-order valence-electron chi connectivity index (χ3n) is 3.74. The molecular weight excluding hydrogens is 336 g/mol. The van der Waals surface area contributed by atoms with E-state index < -0.39 is 10.0 Å². The number of nitrogens with zero attached hydrogens (tertiary/aromatic N) is 1. The van der Waals surface area contributed by atoms with E-state index >= 15 is 0 Å². The van der Waals surface area contributed by atoms with E-state index in [2.05, 4.69) is 5.32 Å². The minimum Gasteiger partial charge on any atom is -0.325 e. The van der Waals surface area contributed by atoms with E-state index in [0.29, 0.717) is 5.69 Å². The lowest BCUT2D eigenvalue weighted by Crippen LogP contribution is -2.36. The third kappa shape index (κ3) is 5.99. The first-order valence-corrected chi connectivity index (χ1v) is 9.87. The van der Waals surface area contributed by atoms with Gasteiger partial charge in [-0.3, -0.25) is 4.79 Å². The first kappa shape index (κ1) is 19.1. The molecule has 2 aromatic carbocycles. The maximum atomic E-state index is 12.3. The Hall–Kier alpha value is -2.18. The fourth-order valence-electron chi connectivity index (χ4n) is 2.71. The Balaban J connectivity index is 2.12. The topological polar surface area (TPSA) is 66.5 Å². The minimum absolute atomic E-state index is 0.167. The van der Waals surface area contributed by atoms with Gasteiger partial charge >= 0.3 is 0 Å². The van der Waals surface area contributed by atoms with Crippen LogP contribution in [0.3, 0.4) is 0 Å². The summed E-state index contributed by atoms with van der Waals surface area (Å²) in [5.41, 5.74) is 4.65. The zero-order valence-corrected chi connectivity index (χ0v) is 15.9. The number of hydrogen-bond donors (Lipinski definition) is 1. The molecule has 0 unspecified atom stereocenters. The van der Waals surface area contributed by atoms with Gasteiger partial charge in [0.05, 0.1) is 12.8 Å². The molecule has 0 aromatic heterocycles. The largest absolute Gasteiger partial charge is 0.325 e. The summed E-state index contributed by atoms with van der Waals surface area (Å²) in [6.07, 6.45) is 1.12. The molecule has 0 atom stereocenters. The van der Waals surface area contributed by atoms with Crippen LogP contribution in [0.5, 0.6) is 0 Å². The number of anilines is 1. The lowest BCUT2D eigenvalue weighted by molar-refractivity contribution is -0.116. The first-order valence-electron chi connectivity index (χ1n) is 8.02. The Bertz CT molecular complexity index is 856. The molecular formula is C19H24N2O3S. The van der Waals surface area contributed by atoms with Crippen LogP contribution in [0.1, 0.15) is 22.3 Å². The Morgan fingerprint density at radius 3 is 2.20 bits per heavy atom. The van der Waals surface area contributed by atoms with Crippen LogP contribution in [-0.4, -0.2) is 31.4 Å². The maximum absolute atomic E-state index is 12.3. The van der Waals surface area contributed by atoms with Crippen molar-refractivity contribution in [3.8, 4) is 0 Å². The lowest BCUT2D eigenvalue weighted by Gasteiger charge is -2.20. The van der Waals surface area contributed by atoms with Gasteiger partial charge in [-0.2, -0.15) is 4.31 Å². The molecule has 1 amide bonds. The summed E-state index contributed by atoms with van der Waals surface area (Å²) < 4.78 is 25.3. The molecule has 25 heavy (non-hydrogen) atoms. The minimum atomic E-state index is -3.51. The summed E-state index contributed by atoms with van der Waals surface area (Å²) in [7, 11) is -3.51. The molecule has 0 spiro atoms. The van der Waals surface area contributed by atoms with Crippen molar-refractivity contribution in [1.29, 1.82) is 0 Å². The Morgan fingerprint density at radius 2 is 1.64 bits per heavy atom. The number of nitrogens with one attached hydrogen (secondary N) is 1. The van der Waals surface area contributed by atoms with Gasteiger partial charge in [0.25, 0.3) is 0 Å². The number of rotatable bonds is 6. The monoisotopic (exact) mass is 360 g/mol. The molecule has 0 heterocycles. The summed E-state index contributed by atoms with van der Waals surface area (Å²) in [6, 6.07) is 13.3. The quantitative estimate of drug-likeness (QED) is 0.861. The summed E-state index contributed by atoms with van der Waals surface area (Å²) >= 11 is 0. The van der Waals surface area contributed by atoms with Gasteiger partial charge in [-0.1, -0.05) is 35.9 Å². The summed E-state index contributed by atoms with van der Waals surface area (Å²) in [4.78, 5) is 12.3. The third-order valence-corrected chi connectivity index (χ3v) is 4.93. The lowest BCUT2D eigenvalue weighted by atomic mass is 10.1. The van der Waals surface area contributed by atoms with Gasteiger partial charge in [0.15, 0.2) is 0 Å². The van der Waals surface area contributed by atoms with Crippen LogP contribution < -0.4 is 5.32 Å². The fourth-order valence-corrected chi connectivity index (χ4v) is 3.45. The zero-order chi connectivity index (χ0) is 18.6. The van der Waals surface area contributed by atoms with Crippen LogP contribution in [0.2, 0.25) is 0 Å². The number of aryl methyl sites for hydroxylation is 3. The molecule has 0 aliphatic heterocycles. The Morgan fingerprint density at radius 1 is 1.00 bits per heavy atom. The normalized spacial score (nSPS) is 11.6. The Kier molecular flexibility index (Phi) is 5.98.